The molecule has 124 valence electrons. The highest BCUT2D eigenvalue weighted by Crippen LogP contribution is 2.42. The van der Waals surface area contributed by atoms with Crippen molar-refractivity contribution in [3.63, 3.8) is 0 Å². The summed E-state index contributed by atoms with van der Waals surface area (Å²) < 4.78 is 5.30. The molecule has 0 radical (unpaired) electrons. The summed E-state index contributed by atoms with van der Waals surface area (Å²) >= 11 is 6.27. The first kappa shape index (κ1) is 16.2. The Hall–Kier alpha value is -1.62. The van der Waals surface area contributed by atoms with Crippen LogP contribution in [0.5, 0.6) is 0 Å². The summed E-state index contributed by atoms with van der Waals surface area (Å²) in [6, 6.07) is 0. The fraction of sp³-hybridized carbons (Fsp3) is 0.588. The molecule has 2 heterocycles. The van der Waals surface area contributed by atoms with Gasteiger partial charge in [-0.2, -0.15) is 0 Å². The topological polar surface area (TPSA) is 55.3 Å². The predicted octanol–water partition coefficient (Wildman–Crippen LogP) is 2.88. The number of nitrogens with zero attached hydrogens (tertiary/aromatic N) is 3. The van der Waals surface area contributed by atoms with E-state index in [0.717, 1.165) is 18.9 Å². The van der Waals surface area contributed by atoms with Crippen molar-refractivity contribution in [1.82, 2.24) is 9.97 Å². The van der Waals surface area contributed by atoms with Crippen molar-refractivity contribution in [2.24, 2.45) is 23.7 Å². The van der Waals surface area contributed by atoms with Gasteiger partial charge in [0.2, 0.25) is 0 Å². The standard InChI is InChI=1S/C17H22ClN3O2/c1-4-23-17(22)15-10(2)5-6-12-8-21(9-13(12)15)16-14(18)7-19-11(3)20-16/h5-7,10,12-13,15H,4,8-9H2,1-3H3/t10-,12-,13-,15-/m0/s1. The largest absolute Gasteiger partial charge is 0.466 e. The van der Waals surface area contributed by atoms with Crippen LogP contribution >= 0.6 is 11.6 Å². The molecule has 2 aliphatic rings. The molecule has 0 bridgehead atoms. The number of ether oxygens (including phenoxy) is 1. The van der Waals surface area contributed by atoms with Gasteiger partial charge < -0.3 is 9.64 Å². The molecule has 1 aliphatic heterocycles. The van der Waals surface area contributed by atoms with Crippen LogP contribution in [0.1, 0.15) is 19.7 Å². The Morgan fingerprint density at radius 3 is 2.96 bits per heavy atom. The second-order valence-electron chi connectivity index (χ2n) is 6.34. The number of hydrogen-bond donors (Lipinski definition) is 0. The molecule has 1 aliphatic carbocycles. The number of hydrogen-bond acceptors (Lipinski definition) is 5. The van der Waals surface area contributed by atoms with Crippen LogP contribution in [-0.4, -0.2) is 35.6 Å². The maximum Gasteiger partial charge on any atom is 0.309 e. The lowest BCUT2D eigenvalue weighted by Gasteiger charge is -2.31. The molecule has 0 unspecified atom stereocenters. The maximum absolute atomic E-state index is 12.4. The summed E-state index contributed by atoms with van der Waals surface area (Å²) in [6.45, 7) is 7.79. The first-order valence-electron chi connectivity index (χ1n) is 8.10. The van der Waals surface area contributed by atoms with Crippen LogP contribution in [0.15, 0.2) is 18.3 Å². The van der Waals surface area contributed by atoms with E-state index >= 15 is 0 Å². The van der Waals surface area contributed by atoms with E-state index in [9.17, 15) is 4.79 Å². The summed E-state index contributed by atoms with van der Waals surface area (Å²) in [7, 11) is 0. The van der Waals surface area contributed by atoms with Gasteiger partial charge in [-0.1, -0.05) is 30.7 Å². The van der Waals surface area contributed by atoms with Crippen molar-refractivity contribution >= 4 is 23.4 Å². The average Bonchev–Trinajstić information content (AvgIpc) is 2.93. The number of esters is 1. The third kappa shape index (κ3) is 3.07. The number of halogens is 1. The van der Waals surface area contributed by atoms with E-state index < -0.39 is 0 Å². The molecule has 1 aromatic heterocycles. The van der Waals surface area contributed by atoms with Crippen LogP contribution in [-0.2, 0) is 9.53 Å². The number of fused-ring (bicyclic) bond motifs is 1. The SMILES string of the molecule is CCOC(=O)[C@@H]1[C@H]2CN(c3nc(C)ncc3Cl)C[C@@H]2C=C[C@@H]1C. The van der Waals surface area contributed by atoms with E-state index in [-0.39, 0.29) is 23.7 Å². The molecule has 4 atom stereocenters. The second kappa shape index (κ2) is 6.48. The first-order chi connectivity index (χ1) is 11.0. The monoisotopic (exact) mass is 335 g/mol. The molecule has 1 saturated heterocycles. The van der Waals surface area contributed by atoms with Crippen LogP contribution in [0, 0.1) is 30.6 Å². The number of carbonyl (C=O) groups excluding carboxylic acids is 1. The number of carbonyl (C=O) groups is 1. The molecule has 1 fully saturated rings. The summed E-state index contributed by atoms with van der Waals surface area (Å²) in [4.78, 5) is 23.2. The normalized spacial score (nSPS) is 29.5. The molecule has 0 aromatic carbocycles. The van der Waals surface area contributed by atoms with Crippen molar-refractivity contribution in [2.45, 2.75) is 20.8 Å². The van der Waals surface area contributed by atoms with Crippen LogP contribution in [0.4, 0.5) is 5.82 Å². The van der Waals surface area contributed by atoms with Crippen LogP contribution in [0.25, 0.3) is 0 Å². The molecule has 5 nitrogen and oxygen atoms in total. The van der Waals surface area contributed by atoms with Gasteiger partial charge in [0.15, 0.2) is 5.82 Å². The number of allylic oxidation sites excluding steroid dienone is 1. The molecular weight excluding hydrogens is 314 g/mol. The lowest BCUT2D eigenvalue weighted by Crippen LogP contribution is -2.37. The van der Waals surface area contributed by atoms with Gasteiger partial charge >= 0.3 is 5.97 Å². The molecule has 0 N–H and O–H groups in total. The highest BCUT2D eigenvalue weighted by Gasteiger charge is 2.45. The van der Waals surface area contributed by atoms with E-state index in [2.05, 4.69) is 33.9 Å². The van der Waals surface area contributed by atoms with Crippen molar-refractivity contribution < 1.29 is 9.53 Å². The summed E-state index contributed by atoms with van der Waals surface area (Å²) in [5.41, 5.74) is 0. The second-order valence-corrected chi connectivity index (χ2v) is 6.75. The Balaban J connectivity index is 1.85. The van der Waals surface area contributed by atoms with Gasteiger partial charge in [-0.3, -0.25) is 4.79 Å². The Bertz CT molecular complexity index is 634. The Morgan fingerprint density at radius 2 is 2.22 bits per heavy atom. The molecule has 0 amide bonds. The Morgan fingerprint density at radius 1 is 1.43 bits per heavy atom. The van der Waals surface area contributed by atoms with Crippen molar-refractivity contribution in [3.8, 4) is 0 Å². The van der Waals surface area contributed by atoms with Gasteiger partial charge in [-0.15, -0.1) is 0 Å². The van der Waals surface area contributed by atoms with Crippen LogP contribution in [0.3, 0.4) is 0 Å². The molecule has 1 aromatic rings. The average molecular weight is 336 g/mol. The van der Waals surface area contributed by atoms with Crippen LogP contribution in [0.2, 0.25) is 5.02 Å². The quantitative estimate of drug-likeness (QED) is 0.628. The minimum atomic E-state index is -0.100. The van der Waals surface area contributed by atoms with E-state index in [0.29, 0.717) is 23.4 Å². The van der Waals surface area contributed by atoms with Gasteiger partial charge in [0.1, 0.15) is 10.8 Å². The maximum atomic E-state index is 12.4. The third-order valence-electron chi connectivity index (χ3n) is 4.81. The molecular formula is C17H22ClN3O2. The van der Waals surface area contributed by atoms with Crippen LogP contribution < -0.4 is 4.90 Å². The number of aryl methyl sites for hydroxylation is 1. The summed E-state index contributed by atoms with van der Waals surface area (Å²) in [6.07, 6.45) is 6.01. The van der Waals surface area contributed by atoms with Gasteiger partial charge in [0.05, 0.1) is 18.7 Å². The number of anilines is 1. The Kier molecular flexibility index (Phi) is 4.57. The molecule has 0 spiro atoms. The molecule has 23 heavy (non-hydrogen) atoms. The van der Waals surface area contributed by atoms with E-state index in [1.54, 1.807) is 6.20 Å². The van der Waals surface area contributed by atoms with Crippen molar-refractivity contribution in [3.05, 3.63) is 29.2 Å². The van der Waals surface area contributed by atoms with Gasteiger partial charge in [-0.25, -0.2) is 9.97 Å². The zero-order valence-corrected chi connectivity index (χ0v) is 14.5. The predicted molar refractivity (Wildman–Crippen MR) is 89.4 cm³/mol. The van der Waals surface area contributed by atoms with Crippen molar-refractivity contribution in [1.29, 1.82) is 0 Å². The summed E-state index contributed by atoms with van der Waals surface area (Å²) in [5.74, 6) is 2.02. The van der Waals surface area contributed by atoms with E-state index in [4.69, 9.17) is 16.3 Å². The molecule has 3 rings (SSSR count). The number of aromatic nitrogens is 2. The smallest absolute Gasteiger partial charge is 0.309 e. The fourth-order valence-electron chi connectivity index (χ4n) is 3.73. The van der Waals surface area contributed by atoms with Gasteiger partial charge in [0.25, 0.3) is 0 Å². The zero-order valence-electron chi connectivity index (χ0n) is 13.7. The van der Waals surface area contributed by atoms with Gasteiger partial charge in [-0.05, 0) is 31.6 Å². The van der Waals surface area contributed by atoms with Gasteiger partial charge in [0, 0.05) is 13.1 Å². The first-order valence-corrected chi connectivity index (χ1v) is 8.48. The minimum Gasteiger partial charge on any atom is -0.466 e. The highest BCUT2D eigenvalue weighted by molar-refractivity contribution is 6.32. The Labute approximate surface area is 141 Å². The lowest BCUT2D eigenvalue weighted by molar-refractivity contribution is -0.151. The van der Waals surface area contributed by atoms with E-state index in [1.807, 2.05) is 13.8 Å². The summed E-state index contributed by atoms with van der Waals surface area (Å²) in [5, 5.41) is 0.555. The van der Waals surface area contributed by atoms with Crippen molar-refractivity contribution in [2.75, 3.05) is 24.6 Å². The molecule has 6 heteroatoms. The lowest BCUT2D eigenvalue weighted by atomic mass is 9.72. The minimum absolute atomic E-state index is 0.0915. The molecule has 0 saturated carbocycles. The highest BCUT2D eigenvalue weighted by atomic mass is 35.5. The third-order valence-corrected chi connectivity index (χ3v) is 5.07. The van der Waals surface area contributed by atoms with E-state index in [1.165, 1.54) is 0 Å². The zero-order chi connectivity index (χ0) is 16.6. The number of rotatable bonds is 3. The fourth-order valence-corrected chi connectivity index (χ4v) is 3.94.